The number of benzene rings is 1. The summed E-state index contributed by atoms with van der Waals surface area (Å²) in [4.78, 5) is 2.28. The quantitative estimate of drug-likeness (QED) is 0.917. The SMILES string of the molecule is COc1ccc(C)cc1C(O)CN1CCOCC1(C)C. The molecule has 0 amide bonds. The van der Waals surface area contributed by atoms with Gasteiger partial charge >= 0.3 is 0 Å². The maximum atomic E-state index is 10.6. The van der Waals surface area contributed by atoms with Gasteiger partial charge in [0.05, 0.1) is 26.4 Å². The molecule has 1 unspecified atom stereocenters. The summed E-state index contributed by atoms with van der Waals surface area (Å²) in [6, 6.07) is 5.91. The van der Waals surface area contributed by atoms with Crippen LogP contribution in [-0.4, -0.2) is 49.0 Å². The van der Waals surface area contributed by atoms with Gasteiger partial charge in [0, 0.05) is 24.2 Å². The van der Waals surface area contributed by atoms with Crippen LogP contribution in [0.5, 0.6) is 5.75 Å². The molecular weight excluding hydrogens is 254 g/mol. The van der Waals surface area contributed by atoms with Crippen LogP contribution in [0.2, 0.25) is 0 Å². The number of hydrogen-bond acceptors (Lipinski definition) is 4. The number of rotatable bonds is 4. The Labute approximate surface area is 121 Å². The van der Waals surface area contributed by atoms with Gasteiger partial charge in [-0.2, -0.15) is 0 Å². The Balaban J connectivity index is 2.15. The molecule has 1 fully saturated rings. The molecular formula is C16H25NO3. The number of nitrogens with zero attached hydrogens (tertiary/aromatic N) is 1. The van der Waals surface area contributed by atoms with Crippen LogP contribution in [0.1, 0.15) is 31.1 Å². The minimum absolute atomic E-state index is 0.0453. The molecule has 0 aromatic heterocycles. The summed E-state index contributed by atoms with van der Waals surface area (Å²) in [7, 11) is 1.64. The number of hydrogen-bond donors (Lipinski definition) is 1. The molecule has 1 N–H and O–H groups in total. The normalized spacial score (nSPS) is 20.6. The summed E-state index contributed by atoms with van der Waals surface area (Å²) >= 11 is 0. The molecule has 0 aliphatic carbocycles. The van der Waals surface area contributed by atoms with Crippen LogP contribution >= 0.6 is 0 Å². The minimum Gasteiger partial charge on any atom is -0.496 e. The van der Waals surface area contributed by atoms with Crippen LogP contribution in [0.25, 0.3) is 0 Å². The number of β-amino-alcohol motifs (C(OH)–C–C–N with tert-alkyl or cyclic N) is 1. The van der Waals surface area contributed by atoms with Gasteiger partial charge < -0.3 is 14.6 Å². The fourth-order valence-corrected chi connectivity index (χ4v) is 2.65. The van der Waals surface area contributed by atoms with Gasteiger partial charge in [0.1, 0.15) is 5.75 Å². The second-order valence-electron chi connectivity index (χ2n) is 6.07. The molecule has 1 heterocycles. The Hall–Kier alpha value is -1.10. The lowest BCUT2D eigenvalue weighted by atomic mass is 9.99. The monoisotopic (exact) mass is 279 g/mol. The van der Waals surface area contributed by atoms with Crippen molar-refractivity contribution in [2.75, 3.05) is 33.4 Å². The van der Waals surface area contributed by atoms with Crippen LogP contribution in [0.15, 0.2) is 18.2 Å². The molecule has 4 heteroatoms. The van der Waals surface area contributed by atoms with Gasteiger partial charge in [0.25, 0.3) is 0 Å². The third-order valence-electron chi connectivity index (χ3n) is 3.95. The molecule has 112 valence electrons. The number of ether oxygens (including phenoxy) is 2. The summed E-state index contributed by atoms with van der Waals surface area (Å²) in [5.41, 5.74) is 1.94. The Kier molecular flexibility index (Phi) is 4.68. The maximum Gasteiger partial charge on any atom is 0.124 e. The zero-order valence-electron chi connectivity index (χ0n) is 12.8. The van der Waals surface area contributed by atoms with Crippen LogP contribution < -0.4 is 4.74 Å². The molecule has 1 aliphatic rings. The van der Waals surface area contributed by atoms with Crippen molar-refractivity contribution in [1.29, 1.82) is 0 Å². The molecule has 20 heavy (non-hydrogen) atoms. The number of methoxy groups -OCH3 is 1. The lowest BCUT2D eigenvalue weighted by Crippen LogP contribution is -2.54. The average molecular weight is 279 g/mol. The Morgan fingerprint density at radius 1 is 1.45 bits per heavy atom. The van der Waals surface area contributed by atoms with Crippen LogP contribution in [-0.2, 0) is 4.74 Å². The smallest absolute Gasteiger partial charge is 0.124 e. The zero-order chi connectivity index (χ0) is 14.8. The summed E-state index contributed by atoms with van der Waals surface area (Å²) in [5.74, 6) is 0.745. The van der Waals surface area contributed by atoms with E-state index < -0.39 is 6.10 Å². The highest BCUT2D eigenvalue weighted by Gasteiger charge is 2.32. The Morgan fingerprint density at radius 2 is 2.20 bits per heavy atom. The van der Waals surface area contributed by atoms with E-state index in [9.17, 15) is 5.11 Å². The molecule has 0 radical (unpaired) electrons. The molecule has 1 aromatic carbocycles. The molecule has 0 bridgehead atoms. The second-order valence-corrected chi connectivity index (χ2v) is 6.07. The summed E-state index contributed by atoms with van der Waals surface area (Å²) in [5, 5.41) is 10.6. The standard InChI is InChI=1S/C16H25NO3/c1-12-5-6-15(19-4)13(9-12)14(18)10-17-7-8-20-11-16(17,2)3/h5-6,9,14,18H,7-8,10-11H2,1-4H3. The molecule has 1 aromatic rings. The second kappa shape index (κ2) is 6.12. The molecule has 1 atom stereocenters. The summed E-state index contributed by atoms with van der Waals surface area (Å²) in [6.07, 6.45) is -0.553. The third-order valence-corrected chi connectivity index (χ3v) is 3.95. The fourth-order valence-electron chi connectivity index (χ4n) is 2.65. The van der Waals surface area contributed by atoms with E-state index in [1.54, 1.807) is 7.11 Å². The van der Waals surface area contributed by atoms with Crippen molar-refractivity contribution in [3.8, 4) is 5.75 Å². The lowest BCUT2D eigenvalue weighted by Gasteiger charge is -2.43. The van der Waals surface area contributed by atoms with Gasteiger partial charge in [-0.25, -0.2) is 0 Å². The molecule has 2 rings (SSSR count). The minimum atomic E-state index is -0.553. The summed E-state index contributed by atoms with van der Waals surface area (Å²) < 4.78 is 10.9. The first kappa shape index (κ1) is 15.3. The van der Waals surface area contributed by atoms with Crippen molar-refractivity contribution in [1.82, 2.24) is 4.90 Å². The van der Waals surface area contributed by atoms with Crippen molar-refractivity contribution in [3.05, 3.63) is 29.3 Å². The summed E-state index contributed by atoms with van der Waals surface area (Å²) in [6.45, 7) is 9.17. The van der Waals surface area contributed by atoms with Gasteiger partial charge in [0.15, 0.2) is 0 Å². The van der Waals surface area contributed by atoms with Crippen molar-refractivity contribution in [3.63, 3.8) is 0 Å². The predicted octanol–water partition coefficient (Wildman–Crippen LogP) is 2.15. The molecule has 1 saturated heterocycles. The third kappa shape index (κ3) is 3.32. The number of aryl methyl sites for hydroxylation is 1. The lowest BCUT2D eigenvalue weighted by molar-refractivity contribution is -0.0669. The van der Waals surface area contributed by atoms with Crippen molar-refractivity contribution >= 4 is 0 Å². The van der Waals surface area contributed by atoms with E-state index in [0.717, 1.165) is 30.0 Å². The van der Waals surface area contributed by atoms with E-state index >= 15 is 0 Å². The van der Waals surface area contributed by atoms with Crippen molar-refractivity contribution in [2.45, 2.75) is 32.4 Å². The van der Waals surface area contributed by atoms with E-state index in [1.165, 1.54) is 0 Å². The van der Waals surface area contributed by atoms with Crippen molar-refractivity contribution in [2.24, 2.45) is 0 Å². The zero-order valence-corrected chi connectivity index (χ0v) is 12.8. The first-order valence-electron chi connectivity index (χ1n) is 7.09. The Morgan fingerprint density at radius 3 is 2.85 bits per heavy atom. The molecule has 4 nitrogen and oxygen atoms in total. The van der Waals surface area contributed by atoms with Crippen LogP contribution in [0.3, 0.4) is 0 Å². The van der Waals surface area contributed by atoms with Gasteiger partial charge in [-0.3, -0.25) is 4.90 Å². The van der Waals surface area contributed by atoms with Crippen molar-refractivity contribution < 1.29 is 14.6 Å². The molecule has 1 aliphatic heterocycles. The van der Waals surface area contributed by atoms with Gasteiger partial charge in [0.2, 0.25) is 0 Å². The first-order chi connectivity index (χ1) is 9.44. The van der Waals surface area contributed by atoms with Gasteiger partial charge in [-0.15, -0.1) is 0 Å². The number of aliphatic hydroxyl groups excluding tert-OH is 1. The molecule has 0 spiro atoms. The highest BCUT2D eigenvalue weighted by molar-refractivity contribution is 5.38. The maximum absolute atomic E-state index is 10.6. The van der Waals surface area contributed by atoms with E-state index in [1.807, 2.05) is 25.1 Å². The van der Waals surface area contributed by atoms with Crippen LogP contribution in [0.4, 0.5) is 0 Å². The number of morpholine rings is 1. The van der Waals surface area contributed by atoms with E-state index in [0.29, 0.717) is 13.2 Å². The van der Waals surface area contributed by atoms with E-state index in [2.05, 4.69) is 18.7 Å². The van der Waals surface area contributed by atoms with E-state index in [4.69, 9.17) is 9.47 Å². The highest BCUT2D eigenvalue weighted by Crippen LogP contribution is 2.29. The largest absolute Gasteiger partial charge is 0.496 e. The number of aliphatic hydroxyl groups is 1. The van der Waals surface area contributed by atoms with Crippen LogP contribution in [0, 0.1) is 6.92 Å². The van der Waals surface area contributed by atoms with Gasteiger partial charge in [-0.1, -0.05) is 11.6 Å². The van der Waals surface area contributed by atoms with E-state index in [-0.39, 0.29) is 5.54 Å². The fraction of sp³-hybridized carbons (Fsp3) is 0.625. The van der Waals surface area contributed by atoms with Gasteiger partial charge in [-0.05, 0) is 32.9 Å². The molecule has 0 saturated carbocycles. The first-order valence-corrected chi connectivity index (χ1v) is 7.09. The predicted molar refractivity (Wildman–Crippen MR) is 79.2 cm³/mol. The Bertz CT molecular complexity index is 459. The highest BCUT2D eigenvalue weighted by atomic mass is 16.5. The topological polar surface area (TPSA) is 41.9 Å². The average Bonchev–Trinajstić information content (AvgIpc) is 2.41.